The van der Waals surface area contributed by atoms with Gasteiger partial charge in [0.2, 0.25) is 10.0 Å². The van der Waals surface area contributed by atoms with E-state index in [9.17, 15) is 13.2 Å². The summed E-state index contributed by atoms with van der Waals surface area (Å²) in [6.45, 7) is 0.946. The molecular weight excluding hydrogens is 378 g/mol. The van der Waals surface area contributed by atoms with Crippen molar-refractivity contribution in [3.63, 3.8) is 0 Å². The van der Waals surface area contributed by atoms with E-state index in [1.165, 1.54) is 10.6 Å². The molecule has 0 unspecified atom stereocenters. The minimum absolute atomic E-state index is 0.324. The zero-order valence-corrected chi connectivity index (χ0v) is 16.9. The van der Waals surface area contributed by atoms with Crippen LogP contribution in [0.2, 0.25) is 0 Å². The molecule has 0 fully saturated rings. The van der Waals surface area contributed by atoms with Gasteiger partial charge in [0.1, 0.15) is 5.75 Å². The predicted octanol–water partition coefficient (Wildman–Crippen LogP) is 2.77. The van der Waals surface area contributed by atoms with Crippen molar-refractivity contribution in [2.75, 3.05) is 36.1 Å². The monoisotopic (exact) mass is 403 g/mol. The number of sulfonamides is 1. The lowest BCUT2D eigenvalue weighted by molar-refractivity contribution is 0.252. The van der Waals surface area contributed by atoms with E-state index in [4.69, 9.17) is 4.74 Å². The molecule has 2 aromatic carbocycles. The number of urea groups is 1. The molecule has 0 saturated carbocycles. The van der Waals surface area contributed by atoms with E-state index in [-0.39, 0.29) is 6.03 Å². The van der Waals surface area contributed by atoms with E-state index in [0.717, 1.165) is 29.7 Å². The van der Waals surface area contributed by atoms with Gasteiger partial charge in [-0.25, -0.2) is 13.2 Å². The number of nitrogens with one attached hydrogen (secondary N) is 2. The molecule has 2 amide bonds. The third-order valence-electron chi connectivity index (χ3n) is 4.68. The minimum Gasteiger partial charge on any atom is -0.497 e. The Hall–Kier alpha value is -2.74. The second-order valence-electron chi connectivity index (χ2n) is 6.76. The van der Waals surface area contributed by atoms with Gasteiger partial charge in [-0.3, -0.25) is 4.31 Å². The van der Waals surface area contributed by atoms with Gasteiger partial charge in [-0.2, -0.15) is 0 Å². The molecule has 8 heteroatoms. The number of carbonyl (C=O) groups is 1. The van der Waals surface area contributed by atoms with Crippen LogP contribution in [0.25, 0.3) is 0 Å². The fourth-order valence-corrected chi connectivity index (χ4v) is 4.24. The highest BCUT2D eigenvalue weighted by molar-refractivity contribution is 7.92. The molecule has 0 atom stereocenters. The highest BCUT2D eigenvalue weighted by Crippen LogP contribution is 2.31. The second-order valence-corrected chi connectivity index (χ2v) is 8.67. The summed E-state index contributed by atoms with van der Waals surface area (Å²) in [5, 5.41) is 5.59. The molecule has 2 N–H and O–H groups in total. The molecule has 150 valence electrons. The van der Waals surface area contributed by atoms with E-state index < -0.39 is 10.0 Å². The summed E-state index contributed by atoms with van der Waals surface area (Å²) in [4.78, 5) is 12.2. The van der Waals surface area contributed by atoms with Crippen LogP contribution in [0.5, 0.6) is 5.75 Å². The van der Waals surface area contributed by atoms with Crippen LogP contribution in [0.3, 0.4) is 0 Å². The van der Waals surface area contributed by atoms with Crippen molar-refractivity contribution in [1.29, 1.82) is 0 Å². The molecule has 1 heterocycles. The summed E-state index contributed by atoms with van der Waals surface area (Å²) in [5.74, 6) is 0.796. The molecule has 0 saturated heterocycles. The first-order valence-corrected chi connectivity index (χ1v) is 11.0. The van der Waals surface area contributed by atoms with Gasteiger partial charge in [0, 0.05) is 18.8 Å². The maximum atomic E-state index is 12.2. The van der Waals surface area contributed by atoms with Gasteiger partial charge in [-0.15, -0.1) is 0 Å². The Labute approximate surface area is 165 Å². The van der Waals surface area contributed by atoms with Gasteiger partial charge in [0.05, 0.1) is 19.1 Å². The van der Waals surface area contributed by atoms with E-state index >= 15 is 0 Å². The number of benzene rings is 2. The van der Waals surface area contributed by atoms with E-state index in [1.54, 1.807) is 19.2 Å². The summed E-state index contributed by atoms with van der Waals surface area (Å²) in [7, 11) is -1.72. The SMILES string of the molecule is COc1ccc(CCNC(=O)Nc2ccc3c(c2)N(S(C)(=O)=O)CCC3)cc1. The number of carbonyl (C=O) groups excluding carboxylic acids is 1. The van der Waals surface area contributed by atoms with Crippen molar-refractivity contribution >= 4 is 27.4 Å². The predicted molar refractivity (Wildman–Crippen MR) is 111 cm³/mol. The van der Waals surface area contributed by atoms with Crippen molar-refractivity contribution in [2.45, 2.75) is 19.3 Å². The molecule has 0 spiro atoms. The van der Waals surface area contributed by atoms with Crippen molar-refractivity contribution in [3.05, 3.63) is 53.6 Å². The Balaban J connectivity index is 1.58. The van der Waals surface area contributed by atoms with Crippen LogP contribution in [-0.2, 0) is 22.9 Å². The topological polar surface area (TPSA) is 87.7 Å². The van der Waals surface area contributed by atoms with Crippen LogP contribution < -0.4 is 19.7 Å². The van der Waals surface area contributed by atoms with Gasteiger partial charge in [0.25, 0.3) is 0 Å². The third-order valence-corrected chi connectivity index (χ3v) is 5.86. The molecule has 2 aromatic rings. The Kier molecular flexibility index (Phi) is 6.08. The molecule has 3 rings (SSSR count). The number of fused-ring (bicyclic) bond motifs is 1. The molecule has 0 bridgehead atoms. The van der Waals surface area contributed by atoms with Gasteiger partial charge < -0.3 is 15.4 Å². The van der Waals surface area contributed by atoms with Gasteiger partial charge >= 0.3 is 6.03 Å². The Morgan fingerprint density at radius 2 is 1.93 bits per heavy atom. The van der Waals surface area contributed by atoms with Crippen LogP contribution in [0, 0.1) is 0 Å². The Morgan fingerprint density at radius 3 is 2.61 bits per heavy atom. The highest BCUT2D eigenvalue weighted by Gasteiger charge is 2.24. The lowest BCUT2D eigenvalue weighted by Crippen LogP contribution is -2.35. The first kappa shape index (κ1) is 20.0. The normalized spacial score (nSPS) is 13.6. The molecule has 0 aliphatic carbocycles. The molecular formula is C20H25N3O4S. The van der Waals surface area contributed by atoms with E-state index in [1.807, 2.05) is 30.3 Å². The Bertz CT molecular complexity index is 942. The number of rotatable bonds is 6. The second kappa shape index (κ2) is 8.52. The summed E-state index contributed by atoms with van der Waals surface area (Å²) in [6, 6.07) is 12.8. The molecule has 28 heavy (non-hydrogen) atoms. The van der Waals surface area contributed by atoms with Crippen LogP contribution in [0.15, 0.2) is 42.5 Å². The van der Waals surface area contributed by atoms with Crippen molar-refractivity contribution in [1.82, 2.24) is 5.32 Å². The summed E-state index contributed by atoms with van der Waals surface area (Å²) >= 11 is 0. The zero-order valence-electron chi connectivity index (χ0n) is 16.1. The lowest BCUT2D eigenvalue weighted by Gasteiger charge is -2.29. The molecule has 1 aliphatic rings. The maximum Gasteiger partial charge on any atom is 0.319 e. The van der Waals surface area contributed by atoms with E-state index in [0.29, 0.717) is 30.9 Å². The Morgan fingerprint density at radius 1 is 1.18 bits per heavy atom. The zero-order chi connectivity index (χ0) is 20.1. The van der Waals surface area contributed by atoms with Crippen molar-refractivity contribution in [3.8, 4) is 5.75 Å². The summed E-state index contributed by atoms with van der Waals surface area (Å²) in [5.41, 5.74) is 3.28. The first-order chi connectivity index (χ1) is 13.4. The number of anilines is 2. The lowest BCUT2D eigenvalue weighted by atomic mass is 10.0. The van der Waals surface area contributed by atoms with Crippen LogP contribution in [0.1, 0.15) is 17.5 Å². The molecule has 0 radical (unpaired) electrons. The summed E-state index contributed by atoms with van der Waals surface area (Å²) in [6.07, 6.45) is 3.52. The van der Waals surface area contributed by atoms with Gasteiger partial charge in [-0.05, 0) is 54.7 Å². The highest BCUT2D eigenvalue weighted by atomic mass is 32.2. The van der Waals surface area contributed by atoms with Gasteiger partial charge in [0.15, 0.2) is 0 Å². The average molecular weight is 404 g/mol. The number of methoxy groups -OCH3 is 1. The van der Waals surface area contributed by atoms with Gasteiger partial charge in [-0.1, -0.05) is 18.2 Å². The number of hydrogen-bond donors (Lipinski definition) is 2. The fraction of sp³-hybridized carbons (Fsp3) is 0.350. The van der Waals surface area contributed by atoms with Crippen molar-refractivity contribution < 1.29 is 17.9 Å². The number of aryl methyl sites for hydroxylation is 1. The number of ether oxygens (including phenoxy) is 1. The minimum atomic E-state index is -3.34. The standard InChI is InChI=1S/C20H25N3O4S/c1-27-18-9-5-15(6-10-18)11-12-21-20(24)22-17-8-7-16-4-3-13-23(19(16)14-17)28(2,25)26/h5-10,14H,3-4,11-13H2,1-2H3,(H2,21,22,24). The fourth-order valence-electron chi connectivity index (χ4n) is 3.25. The number of nitrogens with zero attached hydrogens (tertiary/aromatic N) is 1. The van der Waals surface area contributed by atoms with Crippen molar-refractivity contribution in [2.24, 2.45) is 0 Å². The quantitative estimate of drug-likeness (QED) is 0.776. The largest absolute Gasteiger partial charge is 0.497 e. The van der Waals surface area contributed by atoms with Crippen LogP contribution in [-0.4, -0.2) is 40.9 Å². The number of hydrogen-bond acceptors (Lipinski definition) is 4. The first-order valence-electron chi connectivity index (χ1n) is 9.15. The van der Waals surface area contributed by atoms with Crippen LogP contribution in [0.4, 0.5) is 16.2 Å². The molecule has 0 aromatic heterocycles. The number of amides is 2. The molecule has 7 nitrogen and oxygen atoms in total. The third kappa shape index (κ3) is 4.95. The average Bonchev–Trinajstić information content (AvgIpc) is 2.67. The smallest absolute Gasteiger partial charge is 0.319 e. The van der Waals surface area contributed by atoms with Crippen LogP contribution >= 0.6 is 0 Å². The maximum absolute atomic E-state index is 12.2. The molecule has 1 aliphatic heterocycles. The van der Waals surface area contributed by atoms with E-state index in [2.05, 4.69) is 10.6 Å². The summed E-state index contributed by atoms with van der Waals surface area (Å²) < 4.78 is 30.6.